The lowest BCUT2D eigenvalue weighted by molar-refractivity contribution is -0.269. The number of ketones is 1. The minimum absolute atomic E-state index is 0.0260. The largest absolute Gasteiger partial charge is 0.462 e. The Labute approximate surface area is 294 Å². The molecule has 1 spiro atoms. The van der Waals surface area contributed by atoms with E-state index in [0.717, 1.165) is 6.92 Å². The summed E-state index contributed by atoms with van der Waals surface area (Å²) < 4.78 is 42.3. The van der Waals surface area contributed by atoms with Crippen LogP contribution in [0, 0.1) is 51.8 Å². The molecule has 0 aromatic rings. The second-order valence-corrected chi connectivity index (χ2v) is 17.2. The molecule has 0 aromatic carbocycles. The molecule has 8 aliphatic rings. The van der Waals surface area contributed by atoms with Gasteiger partial charge in [0.1, 0.15) is 36.1 Å². The van der Waals surface area contributed by atoms with E-state index in [2.05, 4.69) is 0 Å². The summed E-state index contributed by atoms with van der Waals surface area (Å²) in [5.74, 6) is -10.7. The summed E-state index contributed by atoms with van der Waals surface area (Å²) in [6.45, 7) is 13.3. The molecule has 5 saturated carbocycles. The molecule has 3 saturated heterocycles. The molecule has 8 fully saturated rings. The first-order valence-corrected chi connectivity index (χ1v) is 17.8. The molecule has 15 nitrogen and oxygen atoms in total. The number of epoxide rings is 2. The summed E-state index contributed by atoms with van der Waals surface area (Å²) in [6, 6.07) is 0. The van der Waals surface area contributed by atoms with Gasteiger partial charge in [0.25, 0.3) is 0 Å². The van der Waals surface area contributed by atoms with Crippen LogP contribution in [-0.2, 0) is 61.9 Å². The Morgan fingerprint density at radius 3 is 2.02 bits per heavy atom. The first-order valence-electron chi connectivity index (χ1n) is 17.8. The van der Waals surface area contributed by atoms with Gasteiger partial charge in [-0.15, -0.1) is 0 Å². The van der Waals surface area contributed by atoms with E-state index < -0.39 is 147 Å². The lowest BCUT2D eigenvalue weighted by Crippen LogP contribution is -2.77. The number of aliphatic hydroxyl groups is 2. The number of carbonyl (C=O) groups excluding carboxylic acids is 6. The lowest BCUT2D eigenvalue weighted by atomic mass is 9.40. The Hall–Kier alpha value is -3.14. The van der Waals surface area contributed by atoms with Crippen molar-refractivity contribution in [2.24, 2.45) is 51.8 Å². The quantitative estimate of drug-likeness (QED) is 0.233. The number of rotatable bonds is 4. The maximum atomic E-state index is 14.9. The van der Waals surface area contributed by atoms with E-state index in [4.69, 9.17) is 33.2 Å². The topological polar surface area (TPSA) is 214 Å². The first kappa shape index (κ1) is 34.9. The monoisotopic (exact) mass is 718 g/mol. The number of hydrogen-bond acceptors (Lipinski definition) is 15. The fraction of sp³-hybridized carbons (Fsp3) is 0.833. The maximum absolute atomic E-state index is 14.9. The van der Waals surface area contributed by atoms with Gasteiger partial charge < -0.3 is 43.4 Å². The van der Waals surface area contributed by atoms with Crippen molar-refractivity contribution >= 4 is 35.6 Å². The van der Waals surface area contributed by atoms with E-state index >= 15 is 0 Å². The zero-order valence-corrected chi connectivity index (χ0v) is 30.1. The smallest absolute Gasteiger partial charge is 0.341 e. The van der Waals surface area contributed by atoms with Gasteiger partial charge in [-0.2, -0.15) is 0 Å². The van der Waals surface area contributed by atoms with Crippen molar-refractivity contribution in [1.29, 1.82) is 0 Å². The van der Waals surface area contributed by atoms with E-state index in [0.29, 0.717) is 0 Å². The Morgan fingerprint density at radius 2 is 1.43 bits per heavy atom. The minimum atomic E-state index is -2.21. The lowest BCUT2D eigenvalue weighted by Gasteiger charge is -2.65. The fourth-order valence-electron chi connectivity index (χ4n) is 13.1. The second kappa shape index (κ2) is 10.1. The summed E-state index contributed by atoms with van der Waals surface area (Å²) in [7, 11) is 0. The standard InChI is InChI=1S/C36H46O15/c1-12-21-23(33(8)34(9,43)30(42)51-36(33)28(12)50-36)26(47-15(4)39)22-20-17(10-19(31(21,22)6)45-13(2)37)32(7)29(48-16(5)40)24-18(49-24)11-35(32,44)27(41)25(20)46-14(3)38/h12,17-26,28-29,43-44H,10-11H2,1-9H3/t12-,17?,18-,19-,20?,21?,22+,23-,24-,25+,26+,28+,29-,31+,32-,33-,34+,35-,36-/m0/s1. The molecule has 0 bridgehead atoms. The predicted molar refractivity (Wildman–Crippen MR) is 165 cm³/mol. The van der Waals surface area contributed by atoms with E-state index in [9.17, 15) is 39.0 Å². The highest BCUT2D eigenvalue weighted by Gasteiger charge is 2.93. The number of carbonyl (C=O) groups is 6. The second-order valence-electron chi connectivity index (χ2n) is 17.2. The molecule has 15 heteroatoms. The number of ether oxygens (including phenoxy) is 7. The summed E-state index contributed by atoms with van der Waals surface area (Å²) >= 11 is 0. The van der Waals surface area contributed by atoms with Crippen molar-refractivity contribution in [3.05, 3.63) is 0 Å². The van der Waals surface area contributed by atoms with Gasteiger partial charge in [-0.1, -0.05) is 20.8 Å². The molecule has 51 heavy (non-hydrogen) atoms. The third kappa shape index (κ3) is 3.83. The molecule has 0 radical (unpaired) electrons. The van der Waals surface area contributed by atoms with Crippen LogP contribution < -0.4 is 0 Å². The number of esters is 5. The van der Waals surface area contributed by atoms with Crippen LogP contribution in [0.2, 0.25) is 0 Å². The SMILES string of the molecule is CC(=O)O[C@@H]1[C@H]2C3C(C[C@H](OC(C)=O)[C@]2(C)C2[C@H](C)[C@H]4O[C@]45OC(=O)[C@@](C)(O)[C@]5(C)[C@@H]21)[C@@]1(C)[C@@H](OC(C)=O)[C@H]2O[C@H]2C[C@]1(O)C(=O)[C@@H]3OC(C)=O. The summed E-state index contributed by atoms with van der Waals surface area (Å²) in [5, 5.41) is 24.7. The number of Topliss-reactive ketones (excluding diaryl/α,β-unsaturated/α-hetero) is 1. The molecule has 3 heterocycles. The Bertz CT molecular complexity index is 1670. The van der Waals surface area contributed by atoms with Crippen LogP contribution in [0.25, 0.3) is 0 Å². The molecular weight excluding hydrogens is 672 g/mol. The molecule has 2 N–H and O–H groups in total. The van der Waals surface area contributed by atoms with Gasteiger partial charge in [0.2, 0.25) is 11.6 Å². The van der Waals surface area contributed by atoms with Gasteiger partial charge in [0, 0.05) is 62.7 Å². The summed E-state index contributed by atoms with van der Waals surface area (Å²) in [4.78, 5) is 80.1. The van der Waals surface area contributed by atoms with Crippen molar-refractivity contribution in [1.82, 2.24) is 0 Å². The number of hydrogen-bond donors (Lipinski definition) is 2. The highest BCUT2D eigenvalue weighted by atomic mass is 16.8. The van der Waals surface area contributed by atoms with Crippen LogP contribution in [0.15, 0.2) is 0 Å². The first-order chi connectivity index (χ1) is 23.5. The highest BCUT2D eigenvalue weighted by molar-refractivity contribution is 5.95. The van der Waals surface area contributed by atoms with Gasteiger partial charge in [-0.25, -0.2) is 4.79 Å². The van der Waals surface area contributed by atoms with Crippen LogP contribution in [0.1, 0.15) is 75.2 Å². The Balaban J connectivity index is 1.40. The van der Waals surface area contributed by atoms with E-state index in [-0.39, 0.29) is 12.8 Å². The zero-order chi connectivity index (χ0) is 37.3. The third-order valence-electron chi connectivity index (χ3n) is 15.2. The number of fused-ring (bicyclic) bond motifs is 9. The maximum Gasteiger partial charge on any atom is 0.341 e. The molecule has 3 unspecified atom stereocenters. The van der Waals surface area contributed by atoms with Gasteiger partial charge in [-0.05, 0) is 38.0 Å². The summed E-state index contributed by atoms with van der Waals surface area (Å²) in [6.07, 6.45) is -6.84. The Morgan fingerprint density at radius 1 is 0.824 bits per heavy atom. The van der Waals surface area contributed by atoms with Crippen LogP contribution in [0.4, 0.5) is 0 Å². The van der Waals surface area contributed by atoms with Crippen molar-refractivity contribution in [3.8, 4) is 0 Å². The molecule has 3 aliphatic heterocycles. The van der Waals surface area contributed by atoms with Gasteiger partial charge in [0.15, 0.2) is 11.7 Å². The third-order valence-corrected chi connectivity index (χ3v) is 15.2. The van der Waals surface area contributed by atoms with Gasteiger partial charge in [-0.3, -0.25) is 24.0 Å². The summed E-state index contributed by atoms with van der Waals surface area (Å²) in [5.41, 5.74) is -8.60. The zero-order valence-electron chi connectivity index (χ0n) is 30.1. The predicted octanol–water partition coefficient (Wildman–Crippen LogP) is 0.768. The van der Waals surface area contributed by atoms with Crippen molar-refractivity contribution in [2.45, 2.75) is 135 Å². The molecular formula is C36H46O15. The van der Waals surface area contributed by atoms with E-state index in [1.54, 1.807) is 13.8 Å². The molecule has 0 aromatic heterocycles. The molecule has 5 aliphatic carbocycles. The van der Waals surface area contributed by atoms with Crippen LogP contribution in [-0.4, -0.2) is 106 Å². The normalized spacial score (nSPS) is 56.6. The van der Waals surface area contributed by atoms with Crippen LogP contribution in [0.5, 0.6) is 0 Å². The van der Waals surface area contributed by atoms with Crippen molar-refractivity contribution in [3.63, 3.8) is 0 Å². The molecule has 0 amide bonds. The van der Waals surface area contributed by atoms with E-state index in [1.807, 2.05) is 13.8 Å². The molecule has 280 valence electrons. The van der Waals surface area contributed by atoms with Crippen LogP contribution in [0.3, 0.4) is 0 Å². The Kier molecular flexibility index (Phi) is 6.90. The van der Waals surface area contributed by atoms with Gasteiger partial charge >= 0.3 is 29.8 Å². The average Bonchev–Trinajstić information content (AvgIpc) is 3.91. The highest BCUT2D eigenvalue weighted by Crippen LogP contribution is 2.81. The molecule has 8 rings (SSSR count). The fourth-order valence-corrected chi connectivity index (χ4v) is 13.1. The van der Waals surface area contributed by atoms with Crippen LogP contribution >= 0.6 is 0 Å². The van der Waals surface area contributed by atoms with Crippen molar-refractivity contribution in [2.75, 3.05) is 0 Å². The minimum Gasteiger partial charge on any atom is -0.462 e. The molecule has 19 atom stereocenters. The van der Waals surface area contributed by atoms with Gasteiger partial charge in [0.05, 0.1) is 11.5 Å². The average molecular weight is 719 g/mol. The van der Waals surface area contributed by atoms with E-state index in [1.165, 1.54) is 27.7 Å². The van der Waals surface area contributed by atoms with Crippen molar-refractivity contribution < 1.29 is 72.1 Å².